The molecule has 2 rings (SSSR count). The average Bonchev–Trinajstić information content (AvgIpc) is 2.47. The van der Waals surface area contributed by atoms with Crippen molar-refractivity contribution in [2.75, 3.05) is 44.1 Å². The molecule has 110 valence electrons. The lowest BCUT2D eigenvalue weighted by Crippen LogP contribution is -2.38. The van der Waals surface area contributed by atoms with Crippen molar-refractivity contribution in [1.82, 2.24) is 9.97 Å². The van der Waals surface area contributed by atoms with Gasteiger partial charge in [-0.25, -0.2) is 14.8 Å². The van der Waals surface area contributed by atoms with Gasteiger partial charge in [0.05, 0.1) is 25.5 Å². The van der Waals surface area contributed by atoms with Crippen LogP contribution in [0, 0.1) is 6.92 Å². The van der Waals surface area contributed by atoms with Crippen molar-refractivity contribution < 1.29 is 14.3 Å². The second kappa shape index (κ2) is 6.90. The van der Waals surface area contributed by atoms with Crippen molar-refractivity contribution in [3.63, 3.8) is 0 Å². The van der Waals surface area contributed by atoms with Crippen LogP contribution in [0.4, 0.5) is 5.82 Å². The minimum Gasteiger partial charge on any atom is -0.462 e. The summed E-state index contributed by atoms with van der Waals surface area (Å²) in [5, 5.41) is 0.664. The van der Waals surface area contributed by atoms with Crippen LogP contribution in [-0.2, 0) is 9.47 Å². The van der Waals surface area contributed by atoms with Gasteiger partial charge in [0.15, 0.2) is 5.16 Å². The molecule has 1 aliphatic rings. The second-order valence-electron chi connectivity index (χ2n) is 4.31. The lowest BCUT2D eigenvalue weighted by Gasteiger charge is -2.29. The maximum atomic E-state index is 12.2. The molecule has 6 nitrogen and oxygen atoms in total. The Labute approximate surface area is 122 Å². The lowest BCUT2D eigenvalue weighted by molar-refractivity contribution is 0.0524. The minimum absolute atomic E-state index is 0.338. The Morgan fingerprint density at radius 1 is 1.40 bits per heavy atom. The molecule has 1 aromatic rings. The molecule has 0 amide bonds. The van der Waals surface area contributed by atoms with Crippen LogP contribution in [0.1, 0.15) is 23.0 Å². The highest BCUT2D eigenvalue weighted by Crippen LogP contribution is 2.25. The van der Waals surface area contributed by atoms with Crippen LogP contribution >= 0.6 is 11.8 Å². The van der Waals surface area contributed by atoms with E-state index >= 15 is 0 Å². The number of hydrogen-bond donors (Lipinski definition) is 0. The number of rotatable bonds is 4. The van der Waals surface area contributed by atoms with Gasteiger partial charge >= 0.3 is 5.97 Å². The highest BCUT2D eigenvalue weighted by atomic mass is 32.2. The standard InChI is InChI=1S/C13H19N3O3S/c1-4-19-12(17)10-9(2)14-13(20-3)15-11(10)16-5-7-18-8-6-16/h4-8H2,1-3H3. The van der Waals surface area contributed by atoms with E-state index in [4.69, 9.17) is 9.47 Å². The van der Waals surface area contributed by atoms with Crippen molar-refractivity contribution in [2.24, 2.45) is 0 Å². The Kier molecular flexibility index (Phi) is 5.19. The Balaban J connectivity index is 2.43. The van der Waals surface area contributed by atoms with Crippen LogP contribution in [0.15, 0.2) is 5.16 Å². The van der Waals surface area contributed by atoms with Gasteiger partial charge < -0.3 is 14.4 Å². The number of aromatic nitrogens is 2. The normalized spacial score (nSPS) is 15.2. The SMILES string of the molecule is CCOC(=O)c1c(C)nc(SC)nc1N1CCOCC1. The quantitative estimate of drug-likeness (QED) is 0.474. The van der Waals surface area contributed by atoms with Crippen LogP contribution in [0.25, 0.3) is 0 Å². The number of anilines is 1. The molecule has 0 aliphatic carbocycles. The number of aryl methyl sites for hydroxylation is 1. The van der Waals surface area contributed by atoms with Gasteiger partial charge in [0, 0.05) is 13.1 Å². The number of ether oxygens (including phenoxy) is 2. The van der Waals surface area contributed by atoms with Gasteiger partial charge in [-0.05, 0) is 20.1 Å². The molecule has 0 atom stereocenters. The van der Waals surface area contributed by atoms with Crippen molar-refractivity contribution in [2.45, 2.75) is 19.0 Å². The van der Waals surface area contributed by atoms with Crippen molar-refractivity contribution in [1.29, 1.82) is 0 Å². The molecular formula is C13H19N3O3S. The number of esters is 1. The van der Waals surface area contributed by atoms with E-state index in [0.717, 1.165) is 13.1 Å². The summed E-state index contributed by atoms with van der Waals surface area (Å²) in [6.07, 6.45) is 1.92. The Hall–Kier alpha value is -1.34. The third-order valence-electron chi connectivity index (χ3n) is 3.02. The monoisotopic (exact) mass is 297 g/mol. The summed E-state index contributed by atoms with van der Waals surface area (Å²) in [4.78, 5) is 23.1. The molecule has 0 spiro atoms. The summed E-state index contributed by atoms with van der Waals surface area (Å²) >= 11 is 1.46. The highest BCUT2D eigenvalue weighted by Gasteiger charge is 2.25. The zero-order chi connectivity index (χ0) is 14.5. The van der Waals surface area contributed by atoms with Crippen LogP contribution in [0.2, 0.25) is 0 Å². The largest absolute Gasteiger partial charge is 0.462 e. The molecule has 20 heavy (non-hydrogen) atoms. The molecule has 0 aromatic carbocycles. The van der Waals surface area contributed by atoms with Crippen LogP contribution < -0.4 is 4.90 Å². The molecule has 1 aliphatic heterocycles. The Bertz CT molecular complexity index is 490. The molecule has 0 N–H and O–H groups in total. The van der Waals surface area contributed by atoms with E-state index in [0.29, 0.717) is 42.1 Å². The molecule has 0 bridgehead atoms. The third kappa shape index (κ3) is 3.21. The number of morpholine rings is 1. The maximum absolute atomic E-state index is 12.2. The van der Waals surface area contributed by atoms with E-state index in [-0.39, 0.29) is 5.97 Å². The van der Waals surface area contributed by atoms with Crippen LogP contribution in [0.5, 0.6) is 0 Å². The van der Waals surface area contributed by atoms with Gasteiger partial charge in [0.2, 0.25) is 0 Å². The molecule has 1 saturated heterocycles. The summed E-state index contributed by atoms with van der Waals surface area (Å²) in [6, 6.07) is 0. The van der Waals surface area contributed by atoms with E-state index in [1.807, 2.05) is 13.2 Å². The summed E-state index contributed by atoms with van der Waals surface area (Å²) < 4.78 is 10.5. The van der Waals surface area contributed by atoms with E-state index in [1.54, 1.807) is 6.92 Å². The molecule has 1 aromatic heterocycles. The molecule has 0 saturated carbocycles. The van der Waals surface area contributed by atoms with Gasteiger partial charge in [0.25, 0.3) is 0 Å². The predicted molar refractivity (Wildman–Crippen MR) is 77.5 cm³/mol. The van der Waals surface area contributed by atoms with Gasteiger partial charge in [0.1, 0.15) is 11.4 Å². The number of nitrogens with zero attached hydrogens (tertiary/aromatic N) is 3. The van der Waals surface area contributed by atoms with E-state index < -0.39 is 0 Å². The van der Waals surface area contributed by atoms with E-state index in [1.165, 1.54) is 11.8 Å². The molecule has 7 heteroatoms. The van der Waals surface area contributed by atoms with Gasteiger partial charge in [-0.15, -0.1) is 0 Å². The first-order valence-electron chi connectivity index (χ1n) is 6.59. The summed E-state index contributed by atoms with van der Waals surface area (Å²) in [5.41, 5.74) is 1.12. The molecule has 1 fully saturated rings. The topological polar surface area (TPSA) is 64.5 Å². The van der Waals surface area contributed by atoms with Crippen molar-refractivity contribution in [3.05, 3.63) is 11.3 Å². The first kappa shape index (κ1) is 15.1. The number of thioether (sulfide) groups is 1. The Morgan fingerprint density at radius 2 is 2.10 bits per heavy atom. The summed E-state index contributed by atoms with van der Waals surface area (Å²) in [6.45, 7) is 6.66. The number of carbonyl (C=O) groups is 1. The smallest absolute Gasteiger partial charge is 0.343 e. The zero-order valence-corrected chi connectivity index (χ0v) is 12.8. The van der Waals surface area contributed by atoms with E-state index in [2.05, 4.69) is 14.9 Å². The van der Waals surface area contributed by atoms with Crippen LogP contribution in [0.3, 0.4) is 0 Å². The molecule has 0 unspecified atom stereocenters. The maximum Gasteiger partial charge on any atom is 0.343 e. The highest BCUT2D eigenvalue weighted by molar-refractivity contribution is 7.98. The minimum atomic E-state index is -0.362. The fraction of sp³-hybridized carbons (Fsp3) is 0.615. The average molecular weight is 297 g/mol. The van der Waals surface area contributed by atoms with Crippen molar-refractivity contribution in [3.8, 4) is 0 Å². The fourth-order valence-corrected chi connectivity index (χ4v) is 2.48. The molecule has 0 radical (unpaired) electrons. The predicted octanol–water partition coefficient (Wildman–Crippen LogP) is 1.52. The second-order valence-corrected chi connectivity index (χ2v) is 5.09. The first-order valence-corrected chi connectivity index (χ1v) is 7.82. The van der Waals surface area contributed by atoms with Gasteiger partial charge in [-0.3, -0.25) is 0 Å². The fourth-order valence-electron chi connectivity index (χ4n) is 2.07. The lowest BCUT2D eigenvalue weighted by atomic mass is 10.2. The Morgan fingerprint density at radius 3 is 2.70 bits per heavy atom. The summed E-state index contributed by atoms with van der Waals surface area (Å²) in [5.74, 6) is 0.294. The zero-order valence-electron chi connectivity index (χ0n) is 12.0. The number of hydrogen-bond acceptors (Lipinski definition) is 7. The number of carbonyl (C=O) groups excluding carboxylic acids is 1. The van der Waals surface area contributed by atoms with Crippen LogP contribution in [-0.4, -0.2) is 55.1 Å². The van der Waals surface area contributed by atoms with E-state index in [9.17, 15) is 4.79 Å². The molecule has 2 heterocycles. The van der Waals surface area contributed by atoms with Gasteiger partial charge in [-0.2, -0.15) is 0 Å². The van der Waals surface area contributed by atoms with Crippen molar-refractivity contribution >= 4 is 23.5 Å². The summed E-state index contributed by atoms with van der Waals surface area (Å²) in [7, 11) is 0. The first-order chi connectivity index (χ1) is 9.67. The third-order valence-corrected chi connectivity index (χ3v) is 3.57. The molecular weight excluding hydrogens is 278 g/mol. The van der Waals surface area contributed by atoms with Gasteiger partial charge in [-0.1, -0.05) is 11.8 Å².